The molecule has 140 valence electrons. The van der Waals surface area contributed by atoms with Crippen LogP contribution in [0.2, 0.25) is 0 Å². The van der Waals surface area contributed by atoms with E-state index in [1.807, 2.05) is 13.8 Å². The molecule has 6 nitrogen and oxygen atoms in total. The summed E-state index contributed by atoms with van der Waals surface area (Å²) in [5.74, 6) is 1.74. The van der Waals surface area contributed by atoms with Crippen LogP contribution in [0.25, 0.3) is 0 Å². The second-order valence-corrected chi connectivity index (χ2v) is 7.03. The van der Waals surface area contributed by atoms with Gasteiger partial charge in [-0.1, -0.05) is 5.16 Å². The Morgan fingerprint density at radius 3 is 2.44 bits per heavy atom. The zero-order valence-electron chi connectivity index (χ0n) is 15.6. The fourth-order valence-electron chi connectivity index (χ4n) is 2.42. The van der Waals surface area contributed by atoms with Gasteiger partial charge in [0.05, 0.1) is 16.4 Å². The highest BCUT2D eigenvalue weighted by molar-refractivity contribution is 14.0. The first-order valence-electron chi connectivity index (χ1n) is 8.38. The van der Waals surface area contributed by atoms with E-state index in [1.54, 1.807) is 11.3 Å². The minimum Gasteiger partial charge on any atom is -0.361 e. The number of nitrogens with zero attached hydrogens (tertiary/aromatic N) is 3. The van der Waals surface area contributed by atoms with Crippen LogP contribution in [0.3, 0.4) is 0 Å². The molecule has 0 spiro atoms. The lowest BCUT2D eigenvalue weighted by molar-refractivity contribution is 0.392. The molecule has 0 saturated heterocycles. The molecular formula is C17H28IN5OS. The highest BCUT2D eigenvalue weighted by Gasteiger charge is 2.08. The quantitative estimate of drug-likeness (QED) is 0.364. The summed E-state index contributed by atoms with van der Waals surface area (Å²) < 4.78 is 5.20. The van der Waals surface area contributed by atoms with Crippen LogP contribution >= 0.6 is 35.3 Å². The molecule has 2 heterocycles. The van der Waals surface area contributed by atoms with Gasteiger partial charge in [-0.3, -0.25) is 4.99 Å². The number of halogens is 1. The van der Waals surface area contributed by atoms with Crippen molar-refractivity contribution < 1.29 is 4.52 Å². The zero-order chi connectivity index (χ0) is 17.5. The summed E-state index contributed by atoms with van der Waals surface area (Å²) in [6.45, 7) is 12.5. The molecule has 0 saturated carbocycles. The van der Waals surface area contributed by atoms with Gasteiger partial charge in [-0.2, -0.15) is 0 Å². The maximum absolute atomic E-state index is 5.20. The molecule has 2 N–H and O–H groups in total. The SMILES string of the molecule is CCNC(=NCCc1nc(C)c(C)s1)NCCc1c(C)noc1C.I. The molecule has 2 aromatic heterocycles. The first-order valence-corrected chi connectivity index (χ1v) is 9.19. The number of rotatable bonds is 7. The number of nitrogens with one attached hydrogen (secondary N) is 2. The van der Waals surface area contributed by atoms with Crippen molar-refractivity contribution >= 4 is 41.3 Å². The molecule has 0 fully saturated rings. The Hall–Kier alpha value is -1.16. The predicted molar refractivity (Wildman–Crippen MR) is 114 cm³/mol. The van der Waals surface area contributed by atoms with Crippen LogP contribution in [-0.4, -0.2) is 35.7 Å². The fourth-order valence-corrected chi connectivity index (χ4v) is 3.34. The lowest BCUT2D eigenvalue weighted by Gasteiger charge is -2.11. The van der Waals surface area contributed by atoms with Crippen molar-refractivity contribution in [3.8, 4) is 0 Å². The molecule has 0 radical (unpaired) electrons. The maximum Gasteiger partial charge on any atom is 0.191 e. The van der Waals surface area contributed by atoms with Crippen molar-refractivity contribution in [2.45, 2.75) is 47.5 Å². The minimum atomic E-state index is 0. The second-order valence-electron chi connectivity index (χ2n) is 5.74. The van der Waals surface area contributed by atoms with Crippen LogP contribution in [0.4, 0.5) is 0 Å². The van der Waals surface area contributed by atoms with Gasteiger partial charge in [0.15, 0.2) is 5.96 Å². The third kappa shape index (κ3) is 6.58. The molecule has 2 rings (SSSR count). The van der Waals surface area contributed by atoms with Crippen LogP contribution < -0.4 is 10.6 Å². The summed E-state index contributed by atoms with van der Waals surface area (Å²) in [7, 11) is 0. The molecule has 0 atom stereocenters. The van der Waals surface area contributed by atoms with Crippen molar-refractivity contribution in [3.63, 3.8) is 0 Å². The average Bonchev–Trinajstić information content (AvgIpc) is 3.03. The first kappa shape index (κ1) is 21.9. The van der Waals surface area contributed by atoms with E-state index in [1.165, 1.54) is 10.4 Å². The van der Waals surface area contributed by atoms with E-state index in [4.69, 9.17) is 4.52 Å². The summed E-state index contributed by atoms with van der Waals surface area (Å²) in [5.41, 5.74) is 3.27. The van der Waals surface area contributed by atoms with Crippen molar-refractivity contribution in [2.24, 2.45) is 4.99 Å². The first-order chi connectivity index (χ1) is 11.5. The van der Waals surface area contributed by atoms with Crippen LogP contribution in [0.15, 0.2) is 9.52 Å². The molecule has 0 aliphatic carbocycles. The smallest absolute Gasteiger partial charge is 0.191 e. The monoisotopic (exact) mass is 477 g/mol. The van der Waals surface area contributed by atoms with E-state index in [9.17, 15) is 0 Å². The van der Waals surface area contributed by atoms with Gasteiger partial charge in [0.1, 0.15) is 5.76 Å². The van der Waals surface area contributed by atoms with Crippen LogP contribution in [0.1, 0.15) is 39.5 Å². The van der Waals surface area contributed by atoms with Crippen molar-refractivity contribution in [1.29, 1.82) is 0 Å². The number of aryl methyl sites for hydroxylation is 4. The molecule has 0 aliphatic heterocycles. The van der Waals surface area contributed by atoms with E-state index in [2.05, 4.69) is 46.5 Å². The number of aliphatic imine (C=N–C) groups is 1. The standard InChI is InChI=1S/C17H27N5OS.HI/c1-6-18-17(19-9-7-15-12(3)22-23-13(15)4)20-10-8-16-21-11(2)14(5)24-16;/h6-10H2,1-5H3,(H2,18,19,20);1H. The Morgan fingerprint density at radius 2 is 1.88 bits per heavy atom. The van der Waals surface area contributed by atoms with Gasteiger partial charge in [-0.15, -0.1) is 35.3 Å². The summed E-state index contributed by atoms with van der Waals surface area (Å²) >= 11 is 1.76. The maximum atomic E-state index is 5.20. The Morgan fingerprint density at radius 1 is 1.12 bits per heavy atom. The third-order valence-corrected chi connectivity index (χ3v) is 4.99. The summed E-state index contributed by atoms with van der Waals surface area (Å²) in [6, 6.07) is 0. The lowest BCUT2D eigenvalue weighted by Crippen LogP contribution is -2.38. The van der Waals surface area contributed by atoms with E-state index in [-0.39, 0.29) is 24.0 Å². The van der Waals surface area contributed by atoms with Gasteiger partial charge in [0.25, 0.3) is 0 Å². The van der Waals surface area contributed by atoms with E-state index >= 15 is 0 Å². The number of aromatic nitrogens is 2. The molecule has 25 heavy (non-hydrogen) atoms. The number of guanidine groups is 1. The van der Waals surface area contributed by atoms with Gasteiger partial charge >= 0.3 is 0 Å². The van der Waals surface area contributed by atoms with E-state index in [0.29, 0.717) is 0 Å². The van der Waals surface area contributed by atoms with Crippen LogP contribution in [-0.2, 0) is 12.8 Å². The Balaban J connectivity index is 0.00000312. The Kier molecular flexibility index (Phi) is 9.41. The molecular weight excluding hydrogens is 449 g/mol. The molecule has 0 aliphatic rings. The normalized spacial score (nSPS) is 11.3. The highest BCUT2D eigenvalue weighted by atomic mass is 127. The predicted octanol–water partition coefficient (Wildman–Crippen LogP) is 3.32. The number of thiazole rings is 1. The molecule has 0 aromatic carbocycles. The third-order valence-electron chi connectivity index (χ3n) is 3.86. The topological polar surface area (TPSA) is 75.3 Å². The zero-order valence-corrected chi connectivity index (χ0v) is 18.7. The summed E-state index contributed by atoms with van der Waals surface area (Å²) in [5, 5.41) is 11.8. The molecule has 2 aromatic rings. The van der Waals surface area contributed by atoms with E-state index in [0.717, 1.165) is 60.6 Å². The largest absolute Gasteiger partial charge is 0.361 e. The van der Waals surface area contributed by atoms with Gasteiger partial charge in [-0.05, 0) is 41.0 Å². The van der Waals surface area contributed by atoms with Gasteiger partial charge in [0.2, 0.25) is 0 Å². The number of hydrogen-bond acceptors (Lipinski definition) is 5. The summed E-state index contributed by atoms with van der Waals surface area (Å²) in [4.78, 5) is 10.5. The fraction of sp³-hybridized carbons (Fsp3) is 0.588. The Labute approximate surface area is 170 Å². The average molecular weight is 477 g/mol. The van der Waals surface area contributed by atoms with Crippen LogP contribution in [0, 0.1) is 27.7 Å². The summed E-state index contributed by atoms with van der Waals surface area (Å²) in [6.07, 6.45) is 1.75. The van der Waals surface area contributed by atoms with Crippen LogP contribution in [0.5, 0.6) is 0 Å². The van der Waals surface area contributed by atoms with Gasteiger partial charge < -0.3 is 15.2 Å². The number of hydrogen-bond donors (Lipinski definition) is 2. The Bertz CT molecular complexity index is 656. The van der Waals surface area contributed by atoms with Crippen molar-refractivity contribution in [2.75, 3.05) is 19.6 Å². The highest BCUT2D eigenvalue weighted by Crippen LogP contribution is 2.16. The van der Waals surface area contributed by atoms with Crippen molar-refractivity contribution in [1.82, 2.24) is 20.8 Å². The van der Waals surface area contributed by atoms with Crippen molar-refractivity contribution in [3.05, 3.63) is 32.6 Å². The van der Waals surface area contributed by atoms with Gasteiger partial charge in [-0.25, -0.2) is 4.98 Å². The minimum absolute atomic E-state index is 0. The van der Waals surface area contributed by atoms with E-state index < -0.39 is 0 Å². The lowest BCUT2D eigenvalue weighted by atomic mass is 10.1. The molecule has 0 unspecified atom stereocenters. The molecule has 0 amide bonds. The molecule has 8 heteroatoms. The molecule has 0 bridgehead atoms. The second kappa shape index (κ2) is 10.7. The van der Waals surface area contributed by atoms with Gasteiger partial charge in [0, 0.05) is 36.5 Å².